The molecule has 6 heteroatoms. The minimum atomic E-state index is -0.511. The Morgan fingerprint density at radius 1 is 1.05 bits per heavy atom. The highest BCUT2D eigenvalue weighted by Crippen LogP contribution is 2.32. The molecule has 1 aliphatic heterocycles. The van der Waals surface area contributed by atoms with Crippen molar-refractivity contribution in [1.29, 1.82) is 0 Å². The molecule has 3 N–H and O–H groups in total. The summed E-state index contributed by atoms with van der Waals surface area (Å²) in [4.78, 5) is 14.5. The van der Waals surface area contributed by atoms with E-state index < -0.39 is 5.54 Å². The number of hydrogen-bond donors (Lipinski definition) is 2. The lowest BCUT2D eigenvalue weighted by atomic mass is 10.0. The van der Waals surface area contributed by atoms with Crippen LogP contribution in [0.25, 0.3) is 0 Å². The summed E-state index contributed by atoms with van der Waals surface area (Å²) in [6, 6.07) is 1.18. The number of nitrogens with zero attached hydrogens (tertiary/aromatic N) is 1. The fraction of sp³-hybridized carbons (Fsp3) is 0.929. The molecule has 0 aromatic carbocycles. The largest absolute Gasteiger partial charge is 0.352 e. The van der Waals surface area contributed by atoms with Crippen molar-refractivity contribution in [3.63, 3.8) is 0 Å². The summed E-state index contributed by atoms with van der Waals surface area (Å²) in [5.74, 6) is 0.0850. The molecule has 2 aliphatic carbocycles. The third kappa shape index (κ3) is 4.00. The maximum absolute atomic E-state index is 11.9. The summed E-state index contributed by atoms with van der Waals surface area (Å²) in [6.07, 6.45) is 9.47. The second-order valence-electron chi connectivity index (χ2n) is 6.38. The van der Waals surface area contributed by atoms with Crippen LogP contribution in [0, 0.1) is 0 Å². The molecule has 0 spiro atoms. The zero-order chi connectivity index (χ0) is 12.6. The van der Waals surface area contributed by atoms with Crippen LogP contribution in [0.5, 0.6) is 0 Å². The Kier molecular flexibility index (Phi) is 6.58. The fourth-order valence-corrected chi connectivity index (χ4v) is 3.37. The van der Waals surface area contributed by atoms with Crippen LogP contribution >= 0.6 is 24.8 Å². The summed E-state index contributed by atoms with van der Waals surface area (Å²) in [7, 11) is 0. The van der Waals surface area contributed by atoms with Crippen molar-refractivity contribution in [2.75, 3.05) is 13.1 Å². The normalized spacial score (nSPS) is 26.4. The molecule has 20 heavy (non-hydrogen) atoms. The van der Waals surface area contributed by atoms with Gasteiger partial charge in [-0.15, -0.1) is 24.8 Å². The SMILES string of the molecule is Cl.Cl.NC1(C(=O)NC2CCN(C3CCCC3)CC2)CC1. The molecule has 4 nitrogen and oxygen atoms in total. The quantitative estimate of drug-likeness (QED) is 0.833. The molecule has 1 saturated heterocycles. The number of nitrogens with one attached hydrogen (secondary N) is 1. The molecule has 1 heterocycles. The number of rotatable bonds is 3. The van der Waals surface area contributed by atoms with Gasteiger partial charge >= 0.3 is 0 Å². The lowest BCUT2D eigenvalue weighted by molar-refractivity contribution is -0.124. The summed E-state index contributed by atoms with van der Waals surface area (Å²) in [6.45, 7) is 2.29. The van der Waals surface area contributed by atoms with Gasteiger partial charge in [-0.05, 0) is 38.5 Å². The first kappa shape index (κ1) is 18.0. The summed E-state index contributed by atoms with van der Waals surface area (Å²) < 4.78 is 0. The molecular weight excluding hydrogens is 297 g/mol. The highest BCUT2D eigenvalue weighted by molar-refractivity contribution is 5.89. The van der Waals surface area contributed by atoms with E-state index in [0.29, 0.717) is 6.04 Å². The lowest BCUT2D eigenvalue weighted by Gasteiger charge is -2.36. The number of amides is 1. The van der Waals surface area contributed by atoms with Crippen LogP contribution in [0.15, 0.2) is 0 Å². The van der Waals surface area contributed by atoms with Crippen LogP contribution in [0.4, 0.5) is 0 Å². The van der Waals surface area contributed by atoms with Crippen LogP contribution in [0.3, 0.4) is 0 Å². The van der Waals surface area contributed by atoms with Crippen molar-refractivity contribution >= 4 is 30.7 Å². The van der Waals surface area contributed by atoms with E-state index in [4.69, 9.17) is 5.73 Å². The van der Waals surface area contributed by atoms with Gasteiger partial charge in [0.05, 0.1) is 5.54 Å². The van der Waals surface area contributed by atoms with Crippen molar-refractivity contribution < 1.29 is 4.79 Å². The third-order valence-electron chi connectivity index (χ3n) is 4.95. The minimum Gasteiger partial charge on any atom is -0.352 e. The number of carbonyl (C=O) groups excluding carboxylic acids is 1. The Morgan fingerprint density at radius 2 is 1.60 bits per heavy atom. The van der Waals surface area contributed by atoms with Gasteiger partial charge in [0.15, 0.2) is 0 Å². The number of piperidine rings is 1. The molecule has 3 fully saturated rings. The monoisotopic (exact) mass is 323 g/mol. The highest BCUT2D eigenvalue weighted by Gasteiger charge is 2.46. The molecule has 0 aromatic rings. The highest BCUT2D eigenvalue weighted by atomic mass is 35.5. The molecular formula is C14H27Cl2N3O. The van der Waals surface area contributed by atoms with E-state index >= 15 is 0 Å². The van der Waals surface area contributed by atoms with Crippen molar-refractivity contribution in [2.45, 2.75) is 69.0 Å². The van der Waals surface area contributed by atoms with Crippen LogP contribution in [-0.2, 0) is 4.79 Å². The second-order valence-corrected chi connectivity index (χ2v) is 6.38. The van der Waals surface area contributed by atoms with Gasteiger partial charge in [-0.3, -0.25) is 4.79 Å². The van der Waals surface area contributed by atoms with Crippen LogP contribution in [0.1, 0.15) is 51.4 Å². The summed E-state index contributed by atoms with van der Waals surface area (Å²) in [5.41, 5.74) is 5.40. The van der Waals surface area contributed by atoms with Gasteiger partial charge in [-0.2, -0.15) is 0 Å². The van der Waals surface area contributed by atoms with Gasteiger partial charge in [-0.1, -0.05) is 12.8 Å². The smallest absolute Gasteiger partial charge is 0.240 e. The Morgan fingerprint density at radius 3 is 2.10 bits per heavy atom. The van der Waals surface area contributed by atoms with Gasteiger partial charge in [-0.25, -0.2) is 0 Å². The molecule has 3 aliphatic rings. The van der Waals surface area contributed by atoms with Gasteiger partial charge in [0.1, 0.15) is 0 Å². The molecule has 118 valence electrons. The van der Waals surface area contributed by atoms with Gasteiger partial charge < -0.3 is 16.0 Å². The molecule has 2 saturated carbocycles. The van der Waals surface area contributed by atoms with E-state index in [9.17, 15) is 4.79 Å². The Bertz CT molecular complexity index is 322. The number of hydrogen-bond acceptors (Lipinski definition) is 3. The maximum Gasteiger partial charge on any atom is 0.240 e. The van der Waals surface area contributed by atoms with Crippen molar-refractivity contribution in [1.82, 2.24) is 10.2 Å². The van der Waals surface area contributed by atoms with E-state index in [-0.39, 0.29) is 30.7 Å². The summed E-state index contributed by atoms with van der Waals surface area (Å²) in [5, 5.41) is 3.14. The molecule has 1 amide bonds. The maximum atomic E-state index is 11.9. The molecule has 0 unspecified atom stereocenters. The molecule has 0 bridgehead atoms. The second kappa shape index (κ2) is 7.30. The van der Waals surface area contributed by atoms with E-state index in [1.54, 1.807) is 0 Å². The predicted molar refractivity (Wildman–Crippen MR) is 85.6 cm³/mol. The van der Waals surface area contributed by atoms with Crippen LogP contribution < -0.4 is 11.1 Å². The van der Waals surface area contributed by atoms with E-state index in [2.05, 4.69) is 10.2 Å². The number of halogens is 2. The zero-order valence-electron chi connectivity index (χ0n) is 12.0. The molecule has 3 rings (SSSR count). The van der Waals surface area contributed by atoms with E-state index in [1.165, 1.54) is 25.7 Å². The Balaban J connectivity index is 0.000001000. The van der Waals surface area contributed by atoms with Gasteiger partial charge in [0.25, 0.3) is 0 Å². The average Bonchev–Trinajstić information content (AvgIpc) is 2.94. The van der Waals surface area contributed by atoms with Crippen molar-refractivity contribution in [3.8, 4) is 0 Å². The Hall–Kier alpha value is -0.0300. The number of nitrogens with two attached hydrogens (primary N) is 1. The van der Waals surface area contributed by atoms with Crippen LogP contribution in [0.2, 0.25) is 0 Å². The van der Waals surface area contributed by atoms with Crippen LogP contribution in [-0.4, -0.2) is 41.5 Å². The number of likely N-dealkylation sites (tertiary alicyclic amines) is 1. The number of carbonyl (C=O) groups is 1. The molecule has 0 radical (unpaired) electrons. The fourth-order valence-electron chi connectivity index (χ4n) is 3.37. The standard InChI is InChI=1S/C14H25N3O.2ClH/c15-14(7-8-14)13(18)16-11-5-9-17(10-6-11)12-3-1-2-4-12;;/h11-12H,1-10,15H2,(H,16,18);2*1H. The average molecular weight is 324 g/mol. The molecule has 0 aromatic heterocycles. The van der Waals surface area contributed by atoms with E-state index in [1.807, 2.05) is 0 Å². The first-order valence-corrected chi connectivity index (χ1v) is 7.51. The van der Waals surface area contributed by atoms with Gasteiger partial charge in [0.2, 0.25) is 5.91 Å². The van der Waals surface area contributed by atoms with Crippen molar-refractivity contribution in [3.05, 3.63) is 0 Å². The van der Waals surface area contributed by atoms with Gasteiger partial charge in [0, 0.05) is 25.2 Å². The first-order valence-electron chi connectivity index (χ1n) is 7.51. The Labute approximate surface area is 134 Å². The topological polar surface area (TPSA) is 58.4 Å². The molecule has 0 atom stereocenters. The zero-order valence-corrected chi connectivity index (χ0v) is 13.6. The lowest BCUT2D eigenvalue weighted by Crippen LogP contribution is -2.51. The first-order chi connectivity index (χ1) is 8.67. The predicted octanol–water partition coefficient (Wildman–Crippen LogP) is 1.84. The van der Waals surface area contributed by atoms with E-state index in [0.717, 1.165) is 44.8 Å². The minimum absolute atomic E-state index is 0. The van der Waals surface area contributed by atoms with Crippen molar-refractivity contribution in [2.24, 2.45) is 5.73 Å². The third-order valence-corrected chi connectivity index (χ3v) is 4.95. The summed E-state index contributed by atoms with van der Waals surface area (Å²) >= 11 is 0.